The van der Waals surface area contributed by atoms with E-state index < -0.39 is 0 Å². The smallest absolute Gasteiger partial charge is 0.263 e. The van der Waals surface area contributed by atoms with Gasteiger partial charge in [-0.05, 0) is 48.2 Å². The number of methoxy groups -OCH3 is 1. The van der Waals surface area contributed by atoms with E-state index in [0.717, 1.165) is 35.3 Å². The third-order valence-electron chi connectivity index (χ3n) is 5.53. The summed E-state index contributed by atoms with van der Waals surface area (Å²) in [7, 11) is 1.62. The van der Waals surface area contributed by atoms with E-state index in [2.05, 4.69) is 0 Å². The van der Waals surface area contributed by atoms with Gasteiger partial charge < -0.3 is 4.74 Å². The Hall–Kier alpha value is -3.25. The number of rotatable bonds is 4. The second-order valence-electron chi connectivity index (χ2n) is 7.41. The fourth-order valence-electron chi connectivity index (χ4n) is 4.02. The summed E-state index contributed by atoms with van der Waals surface area (Å²) in [5.74, 6) is 1.47. The van der Waals surface area contributed by atoms with Gasteiger partial charge in [0, 0.05) is 12.0 Å². The molecule has 6 heteroatoms. The Bertz CT molecular complexity index is 1300. The molecule has 0 N–H and O–H groups in total. The van der Waals surface area contributed by atoms with E-state index in [1.165, 1.54) is 11.3 Å². The van der Waals surface area contributed by atoms with Crippen LogP contribution < -0.4 is 10.3 Å². The Morgan fingerprint density at radius 1 is 1.03 bits per heavy atom. The van der Waals surface area contributed by atoms with Crippen molar-refractivity contribution in [1.82, 2.24) is 9.55 Å². The van der Waals surface area contributed by atoms with Gasteiger partial charge in [-0.15, -0.1) is 11.3 Å². The standard InChI is InChI=1S/C24H20N2O3S/c1-29-17-12-10-16(11-13-17)22-25-23-20(18-8-5-9-19(27)21(18)30-23)24(28)26(22)14-15-6-3-2-4-7-15/h2-4,6-7,10-13H,5,8-9,14H2,1H3. The second-order valence-corrected chi connectivity index (χ2v) is 8.41. The van der Waals surface area contributed by atoms with Crippen LogP contribution in [0.3, 0.4) is 0 Å². The van der Waals surface area contributed by atoms with Crippen LogP contribution in [0.15, 0.2) is 59.4 Å². The minimum atomic E-state index is -0.0816. The lowest BCUT2D eigenvalue weighted by Crippen LogP contribution is -2.24. The number of hydrogen-bond donors (Lipinski definition) is 0. The van der Waals surface area contributed by atoms with Crippen LogP contribution in [0.2, 0.25) is 0 Å². The van der Waals surface area contributed by atoms with Gasteiger partial charge in [-0.3, -0.25) is 14.2 Å². The molecular formula is C24H20N2O3S. The van der Waals surface area contributed by atoms with Crippen LogP contribution in [0.4, 0.5) is 0 Å². The zero-order valence-corrected chi connectivity index (χ0v) is 17.4. The molecule has 0 atom stereocenters. The van der Waals surface area contributed by atoms with Crippen molar-refractivity contribution in [3.05, 3.63) is 81.0 Å². The molecule has 0 aliphatic heterocycles. The lowest BCUT2D eigenvalue weighted by atomic mass is 9.96. The third kappa shape index (κ3) is 3.13. The summed E-state index contributed by atoms with van der Waals surface area (Å²) in [6, 6.07) is 17.4. The molecule has 0 saturated heterocycles. The summed E-state index contributed by atoms with van der Waals surface area (Å²) in [4.78, 5) is 32.4. The highest BCUT2D eigenvalue weighted by atomic mass is 32.1. The van der Waals surface area contributed by atoms with Gasteiger partial charge in [-0.25, -0.2) is 4.98 Å². The monoisotopic (exact) mass is 416 g/mol. The SMILES string of the molecule is COc1ccc(-c2nc3sc4c(c3c(=O)n2Cc2ccccc2)CCCC4=O)cc1. The molecule has 1 aliphatic rings. The number of nitrogens with zero attached hydrogens (tertiary/aromatic N) is 2. The minimum absolute atomic E-state index is 0.0816. The van der Waals surface area contributed by atoms with Crippen molar-refractivity contribution in [2.45, 2.75) is 25.8 Å². The summed E-state index contributed by atoms with van der Waals surface area (Å²) < 4.78 is 7.00. The molecule has 0 saturated carbocycles. The number of aromatic nitrogens is 2. The second kappa shape index (κ2) is 7.54. The first-order valence-electron chi connectivity index (χ1n) is 9.93. The predicted molar refractivity (Wildman–Crippen MR) is 119 cm³/mol. The highest BCUT2D eigenvalue weighted by molar-refractivity contribution is 7.20. The lowest BCUT2D eigenvalue weighted by Gasteiger charge is -2.14. The number of ketones is 1. The van der Waals surface area contributed by atoms with E-state index in [1.54, 1.807) is 11.7 Å². The van der Waals surface area contributed by atoms with Crippen molar-refractivity contribution < 1.29 is 9.53 Å². The highest BCUT2D eigenvalue weighted by Crippen LogP contribution is 2.35. The van der Waals surface area contributed by atoms with Gasteiger partial charge in [0.15, 0.2) is 5.78 Å². The van der Waals surface area contributed by atoms with E-state index in [0.29, 0.717) is 33.9 Å². The van der Waals surface area contributed by atoms with E-state index in [9.17, 15) is 9.59 Å². The summed E-state index contributed by atoms with van der Waals surface area (Å²) in [6.45, 7) is 0.419. The van der Waals surface area contributed by atoms with Crippen LogP contribution in [0, 0.1) is 0 Å². The first-order valence-corrected chi connectivity index (χ1v) is 10.7. The number of ether oxygens (including phenoxy) is 1. The number of benzene rings is 2. The number of aryl methyl sites for hydroxylation is 1. The van der Waals surface area contributed by atoms with Crippen LogP contribution in [-0.4, -0.2) is 22.4 Å². The van der Waals surface area contributed by atoms with E-state index in [1.807, 2.05) is 54.6 Å². The fraction of sp³-hybridized carbons (Fsp3) is 0.208. The Kier molecular flexibility index (Phi) is 4.71. The number of carbonyl (C=O) groups excluding carboxylic acids is 1. The van der Waals surface area contributed by atoms with Crippen LogP contribution in [0.5, 0.6) is 5.75 Å². The number of fused-ring (bicyclic) bond motifs is 3. The summed E-state index contributed by atoms with van der Waals surface area (Å²) >= 11 is 1.35. The molecule has 2 aromatic carbocycles. The van der Waals surface area contributed by atoms with Gasteiger partial charge in [-0.1, -0.05) is 30.3 Å². The quantitative estimate of drug-likeness (QED) is 0.484. The summed E-state index contributed by atoms with van der Waals surface area (Å²) in [5.41, 5.74) is 2.66. The molecule has 4 aromatic rings. The highest BCUT2D eigenvalue weighted by Gasteiger charge is 2.26. The topological polar surface area (TPSA) is 61.2 Å². The molecule has 2 aromatic heterocycles. The van der Waals surface area contributed by atoms with Crippen molar-refractivity contribution in [3.8, 4) is 17.1 Å². The Morgan fingerprint density at radius 2 is 1.80 bits per heavy atom. The van der Waals surface area contributed by atoms with Crippen molar-refractivity contribution >= 4 is 27.3 Å². The van der Waals surface area contributed by atoms with Crippen molar-refractivity contribution in [1.29, 1.82) is 0 Å². The van der Waals surface area contributed by atoms with E-state index in [-0.39, 0.29) is 11.3 Å². The van der Waals surface area contributed by atoms with E-state index in [4.69, 9.17) is 9.72 Å². The molecule has 0 fully saturated rings. The van der Waals surface area contributed by atoms with Crippen molar-refractivity contribution in [2.75, 3.05) is 7.11 Å². The Labute approximate surface area is 177 Å². The molecule has 1 aliphatic carbocycles. The number of Topliss-reactive ketones (excluding diaryl/α,β-unsaturated/α-hetero) is 1. The van der Waals surface area contributed by atoms with Crippen LogP contribution >= 0.6 is 11.3 Å². The molecule has 0 amide bonds. The van der Waals surface area contributed by atoms with Crippen molar-refractivity contribution in [2.24, 2.45) is 0 Å². The van der Waals surface area contributed by atoms with Gasteiger partial charge in [0.2, 0.25) is 0 Å². The van der Waals surface area contributed by atoms with Gasteiger partial charge in [0.25, 0.3) is 5.56 Å². The number of thiophene rings is 1. The van der Waals surface area contributed by atoms with Gasteiger partial charge in [0.1, 0.15) is 16.4 Å². The Balaban J connectivity index is 1.77. The minimum Gasteiger partial charge on any atom is -0.497 e. The maximum atomic E-state index is 13.7. The molecule has 150 valence electrons. The van der Waals surface area contributed by atoms with Crippen molar-refractivity contribution in [3.63, 3.8) is 0 Å². The molecule has 5 rings (SSSR count). The molecule has 0 spiro atoms. The predicted octanol–water partition coefficient (Wildman–Crippen LogP) is 4.70. The maximum absolute atomic E-state index is 13.7. The molecular weight excluding hydrogens is 396 g/mol. The normalized spacial score (nSPS) is 13.4. The zero-order chi connectivity index (χ0) is 20.7. The van der Waals surface area contributed by atoms with Gasteiger partial charge in [-0.2, -0.15) is 0 Å². The zero-order valence-electron chi connectivity index (χ0n) is 16.6. The first-order chi connectivity index (χ1) is 14.7. The third-order valence-corrected chi connectivity index (χ3v) is 6.69. The first kappa shape index (κ1) is 18.8. The molecule has 0 bridgehead atoms. The van der Waals surface area contributed by atoms with Crippen LogP contribution in [-0.2, 0) is 13.0 Å². The average molecular weight is 417 g/mol. The summed E-state index contributed by atoms with van der Waals surface area (Å²) in [5, 5.41) is 0.608. The summed E-state index contributed by atoms with van der Waals surface area (Å²) in [6.07, 6.45) is 2.09. The van der Waals surface area contributed by atoms with Crippen LogP contribution in [0.1, 0.15) is 33.6 Å². The number of carbonyl (C=O) groups is 1. The van der Waals surface area contributed by atoms with Gasteiger partial charge in [0.05, 0.1) is 23.9 Å². The molecule has 0 radical (unpaired) electrons. The molecule has 5 nitrogen and oxygen atoms in total. The average Bonchev–Trinajstić information content (AvgIpc) is 3.16. The van der Waals surface area contributed by atoms with Crippen LogP contribution in [0.25, 0.3) is 21.6 Å². The van der Waals surface area contributed by atoms with Gasteiger partial charge >= 0.3 is 0 Å². The fourth-order valence-corrected chi connectivity index (χ4v) is 5.20. The van der Waals surface area contributed by atoms with E-state index >= 15 is 0 Å². The largest absolute Gasteiger partial charge is 0.497 e. The molecule has 0 unspecified atom stereocenters. The number of hydrogen-bond acceptors (Lipinski definition) is 5. The molecule has 30 heavy (non-hydrogen) atoms. The maximum Gasteiger partial charge on any atom is 0.263 e. The lowest BCUT2D eigenvalue weighted by molar-refractivity contribution is 0.0977. The molecule has 2 heterocycles. The Morgan fingerprint density at radius 3 is 2.53 bits per heavy atom.